The first-order valence-corrected chi connectivity index (χ1v) is 7.98. The number of hydrogen-bond acceptors (Lipinski definition) is 1. The van der Waals surface area contributed by atoms with Gasteiger partial charge in [0.05, 0.1) is 6.20 Å². The predicted octanol–water partition coefficient (Wildman–Crippen LogP) is 6.70. The maximum absolute atomic E-state index is 12.5. The molecule has 0 amide bonds. The minimum absolute atomic E-state index is 0.258. The molecule has 0 fully saturated rings. The molecule has 0 aliphatic carbocycles. The van der Waals surface area contributed by atoms with E-state index in [2.05, 4.69) is 44.5 Å². The third-order valence-electron chi connectivity index (χ3n) is 2.82. The van der Waals surface area contributed by atoms with E-state index < -0.39 is 0 Å². The summed E-state index contributed by atoms with van der Waals surface area (Å²) in [6.45, 7) is 18.1. The van der Waals surface area contributed by atoms with Crippen LogP contribution in [0.15, 0.2) is 54.9 Å². The highest BCUT2D eigenvalue weighted by Crippen LogP contribution is 2.12. The zero-order chi connectivity index (χ0) is 17.5. The van der Waals surface area contributed by atoms with Gasteiger partial charge < -0.3 is 0 Å². The molecule has 0 N–H and O–H groups in total. The summed E-state index contributed by atoms with van der Waals surface area (Å²) in [5, 5.41) is 0. The van der Waals surface area contributed by atoms with Gasteiger partial charge in [-0.25, -0.2) is 4.39 Å². The second-order valence-electron chi connectivity index (χ2n) is 5.13. The van der Waals surface area contributed by atoms with E-state index in [0.29, 0.717) is 11.8 Å². The fraction of sp³-hybridized carbons (Fsp3) is 0.450. The molecule has 0 saturated heterocycles. The van der Waals surface area contributed by atoms with Crippen molar-refractivity contribution in [2.24, 2.45) is 5.92 Å². The summed E-state index contributed by atoms with van der Waals surface area (Å²) in [6.07, 6.45) is 10.9. The Bertz CT molecular complexity index is 457. The molecule has 0 bridgehead atoms. The van der Waals surface area contributed by atoms with Crippen LogP contribution in [0.1, 0.15) is 59.9 Å². The second kappa shape index (κ2) is 14.2. The zero-order valence-corrected chi connectivity index (χ0v) is 15.2. The van der Waals surface area contributed by atoms with Crippen LogP contribution in [0, 0.1) is 11.7 Å². The van der Waals surface area contributed by atoms with E-state index in [1.807, 2.05) is 33.8 Å². The summed E-state index contributed by atoms with van der Waals surface area (Å²) in [5.41, 5.74) is 2.31. The molecule has 1 rings (SSSR count). The van der Waals surface area contributed by atoms with Crippen molar-refractivity contribution in [1.82, 2.24) is 4.98 Å². The Labute approximate surface area is 136 Å². The van der Waals surface area contributed by atoms with Gasteiger partial charge in [-0.05, 0) is 36.0 Å². The lowest BCUT2D eigenvalue weighted by atomic mass is 10.0. The van der Waals surface area contributed by atoms with Crippen molar-refractivity contribution in [3.8, 4) is 0 Å². The number of nitrogens with zero attached hydrogens (tertiary/aromatic N) is 1. The van der Waals surface area contributed by atoms with E-state index in [1.165, 1.54) is 17.8 Å². The number of allylic oxidation sites excluding steroid dienone is 5. The highest BCUT2D eigenvalue weighted by molar-refractivity contribution is 5.22. The van der Waals surface area contributed by atoms with Crippen LogP contribution in [0.5, 0.6) is 0 Å². The van der Waals surface area contributed by atoms with Crippen LogP contribution in [-0.4, -0.2) is 4.98 Å². The van der Waals surface area contributed by atoms with Crippen molar-refractivity contribution in [2.75, 3.05) is 0 Å². The van der Waals surface area contributed by atoms with E-state index in [9.17, 15) is 4.39 Å². The maximum Gasteiger partial charge on any atom is 0.141 e. The van der Waals surface area contributed by atoms with Crippen LogP contribution in [0.3, 0.4) is 0 Å². The van der Waals surface area contributed by atoms with E-state index >= 15 is 0 Å². The molecule has 0 radical (unpaired) electrons. The minimum Gasteiger partial charge on any atom is -0.261 e. The Hall–Kier alpha value is -1.70. The zero-order valence-electron chi connectivity index (χ0n) is 15.2. The topological polar surface area (TPSA) is 12.9 Å². The number of aromatic nitrogens is 1. The lowest BCUT2D eigenvalue weighted by Gasteiger charge is -2.03. The van der Waals surface area contributed by atoms with Gasteiger partial charge in [-0.1, -0.05) is 72.4 Å². The SMILES string of the molecule is C=C/C=C\C(=C/C)C(C)C.CC.CC(C)c1cncc(F)c1. The van der Waals surface area contributed by atoms with Gasteiger partial charge in [0, 0.05) is 6.20 Å². The van der Waals surface area contributed by atoms with Crippen molar-refractivity contribution in [2.45, 2.75) is 54.4 Å². The van der Waals surface area contributed by atoms with E-state index in [-0.39, 0.29) is 5.82 Å². The first-order chi connectivity index (χ1) is 10.4. The normalized spacial score (nSPS) is 10.9. The van der Waals surface area contributed by atoms with Crippen molar-refractivity contribution in [3.63, 3.8) is 0 Å². The highest BCUT2D eigenvalue weighted by atomic mass is 19.1. The van der Waals surface area contributed by atoms with Gasteiger partial charge >= 0.3 is 0 Å². The Morgan fingerprint density at radius 3 is 2.09 bits per heavy atom. The molecule has 0 saturated carbocycles. The van der Waals surface area contributed by atoms with Crippen LogP contribution in [0.25, 0.3) is 0 Å². The summed E-state index contributed by atoms with van der Waals surface area (Å²) in [7, 11) is 0. The number of halogens is 1. The van der Waals surface area contributed by atoms with Gasteiger partial charge in [-0.15, -0.1) is 0 Å². The monoisotopic (exact) mass is 305 g/mol. The summed E-state index contributed by atoms with van der Waals surface area (Å²) >= 11 is 0. The van der Waals surface area contributed by atoms with Crippen molar-refractivity contribution >= 4 is 0 Å². The van der Waals surface area contributed by atoms with Crippen LogP contribution in [0.2, 0.25) is 0 Å². The Morgan fingerprint density at radius 2 is 1.77 bits per heavy atom. The molecular formula is C20H32FN. The number of pyridine rings is 1. The molecule has 124 valence electrons. The minimum atomic E-state index is -0.258. The summed E-state index contributed by atoms with van der Waals surface area (Å²) in [5.74, 6) is 0.704. The van der Waals surface area contributed by atoms with Crippen LogP contribution >= 0.6 is 0 Å². The maximum atomic E-state index is 12.5. The predicted molar refractivity (Wildman–Crippen MR) is 97.6 cm³/mol. The third-order valence-corrected chi connectivity index (χ3v) is 2.82. The van der Waals surface area contributed by atoms with Crippen molar-refractivity contribution < 1.29 is 4.39 Å². The lowest BCUT2D eigenvalue weighted by Crippen LogP contribution is -1.89. The molecule has 0 spiro atoms. The molecule has 0 atom stereocenters. The molecular weight excluding hydrogens is 273 g/mol. The standard InChI is InChI=1S/C10H16.C8H10FN.C2H6/c1-5-7-8-10(6-2)9(3)4;1-6(2)7-3-8(9)5-10-4-7;1-2/h5-9H,1H2,2-4H3;3-6H,1-2H3;1-2H3/b8-7-,10-6+;;. The van der Waals surface area contributed by atoms with Gasteiger partial charge in [0.1, 0.15) is 5.82 Å². The van der Waals surface area contributed by atoms with E-state index in [0.717, 1.165) is 5.56 Å². The average molecular weight is 305 g/mol. The number of rotatable bonds is 4. The quantitative estimate of drug-likeness (QED) is 0.564. The smallest absolute Gasteiger partial charge is 0.141 e. The van der Waals surface area contributed by atoms with Gasteiger partial charge in [-0.2, -0.15) is 0 Å². The largest absolute Gasteiger partial charge is 0.261 e. The van der Waals surface area contributed by atoms with Gasteiger partial charge in [-0.3, -0.25) is 4.98 Å². The first kappa shape index (κ1) is 22.6. The molecule has 1 heterocycles. The molecule has 1 aromatic rings. The van der Waals surface area contributed by atoms with E-state index in [1.54, 1.807) is 12.3 Å². The summed E-state index contributed by atoms with van der Waals surface area (Å²) < 4.78 is 12.5. The average Bonchev–Trinajstić information content (AvgIpc) is 2.50. The van der Waals surface area contributed by atoms with Crippen molar-refractivity contribution in [1.29, 1.82) is 0 Å². The number of hydrogen-bond donors (Lipinski definition) is 0. The fourth-order valence-electron chi connectivity index (χ4n) is 1.55. The third kappa shape index (κ3) is 11.0. The molecule has 2 heteroatoms. The van der Waals surface area contributed by atoms with Gasteiger partial charge in [0.15, 0.2) is 0 Å². The first-order valence-electron chi connectivity index (χ1n) is 7.98. The molecule has 0 unspecified atom stereocenters. The van der Waals surface area contributed by atoms with Crippen LogP contribution < -0.4 is 0 Å². The Balaban J connectivity index is 0. The van der Waals surface area contributed by atoms with Gasteiger partial charge in [0.25, 0.3) is 0 Å². The molecule has 0 aliphatic rings. The summed E-state index contributed by atoms with van der Waals surface area (Å²) in [6, 6.07) is 1.51. The summed E-state index contributed by atoms with van der Waals surface area (Å²) in [4.78, 5) is 3.73. The second-order valence-corrected chi connectivity index (χ2v) is 5.13. The molecule has 0 aliphatic heterocycles. The molecule has 1 nitrogen and oxygen atoms in total. The highest BCUT2D eigenvalue weighted by Gasteiger charge is 1.99. The van der Waals surface area contributed by atoms with Crippen LogP contribution in [-0.2, 0) is 0 Å². The molecule has 0 aromatic carbocycles. The fourth-order valence-corrected chi connectivity index (χ4v) is 1.55. The van der Waals surface area contributed by atoms with Crippen LogP contribution in [0.4, 0.5) is 4.39 Å². The van der Waals surface area contributed by atoms with Gasteiger partial charge in [0.2, 0.25) is 0 Å². The Morgan fingerprint density at radius 1 is 1.18 bits per heavy atom. The molecule has 22 heavy (non-hydrogen) atoms. The lowest BCUT2D eigenvalue weighted by molar-refractivity contribution is 0.616. The van der Waals surface area contributed by atoms with Crippen molar-refractivity contribution in [3.05, 3.63) is 66.3 Å². The Kier molecular flexibility index (Phi) is 14.6. The van der Waals surface area contributed by atoms with E-state index in [4.69, 9.17) is 0 Å². The molecule has 1 aromatic heterocycles.